The third kappa shape index (κ3) is 2.82. The third-order valence-electron chi connectivity index (χ3n) is 4.48. The van der Waals surface area contributed by atoms with Crippen LogP contribution >= 0.6 is 15.9 Å². The molecule has 1 fully saturated rings. The van der Waals surface area contributed by atoms with E-state index in [9.17, 15) is 14.4 Å². The van der Waals surface area contributed by atoms with E-state index in [0.717, 1.165) is 9.37 Å². The number of amides is 2. The summed E-state index contributed by atoms with van der Waals surface area (Å²) in [7, 11) is 1.52. The van der Waals surface area contributed by atoms with Crippen molar-refractivity contribution < 1.29 is 24.0 Å². The summed E-state index contributed by atoms with van der Waals surface area (Å²) in [6.07, 6.45) is -1.11. The molecule has 0 aromatic heterocycles. The normalized spacial score (nSPS) is 21.0. The molecule has 0 aliphatic carbocycles. The van der Waals surface area contributed by atoms with Gasteiger partial charge in [-0.2, -0.15) is 0 Å². The fourth-order valence-corrected chi connectivity index (χ4v) is 3.37. The predicted molar refractivity (Wildman–Crippen MR) is 99.8 cm³/mol. The molecule has 1 saturated heterocycles. The highest BCUT2D eigenvalue weighted by atomic mass is 79.9. The Kier molecular flexibility index (Phi) is 4.27. The second-order valence-electron chi connectivity index (χ2n) is 6.03. The second-order valence-corrected chi connectivity index (χ2v) is 6.94. The summed E-state index contributed by atoms with van der Waals surface area (Å²) in [4.78, 5) is 44.5. The van der Waals surface area contributed by atoms with Crippen molar-refractivity contribution in [3.05, 3.63) is 58.6 Å². The summed E-state index contributed by atoms with van der Waals surface area (Å²) in [6.45, 7) is 0. The van der Waals surface area contributed by atoms with Crippen LogP contribution in [-0.2, 0) is 14.4 Å². The summed E-state index contributed by atoms with van der Waals surface area (Å²) in [5, 5.41) is 3.74. The molecule has 2 aliphatic heterocycles. The molecular formula is C19H13BrN2O5. The summed E-state index contributed by atoms with van der Waals surface area (Å²) in [5.41, 5.74) is 0.687. The quantitative estimate of drug-likeness (QED) is 0.551. The first kappa shape index (κ1) is 17.4. The molecule has 4 rings (SSSR count). The maximum absolute atomic E-state index is 12.9. The molecule has 2 heterocycles. The summed E-state index contributed by atoms with van der Waals surface area (Å²) in [5.74, 6) is -1.96. The molecule has 0 N–H and O–H groups in total. The molecule has 7 nitrogen and oxygen atoms in total. The van der Waals surface area contributed by atoms with Crippen LogP contribution in [0.5, 0.6) is 5.75 Å². The number of Topliss-reactive ketones (excluding diaryl/α,β-unsaturated/α-hetero) is 1. The van der Waals surface area contributed by atoms with Crippen LogP contribution < -0.4 is 9.64 Å². The number of methoxy groups -OCH3 is 1. The Bertz CT molecular complexity index is 969. The number of hydrogen-bond acceptors (Lipinski definition) is 6. The van der Waals surface area contributed by atoms with E-state index in [1.165, 1.54) is 7.11 Å². The van der Waals surface area contributed by atoms with Crippen LogP contribution in [0, 0.1) is 5.92 Å². The number of nitrogens with zero attached hydrogens (tertiary/aromatic N) is 2. The van der Waals surface area contributed by atoms with Crippen molar-refractivity contribution in [3.63, 3.8) is 0 Å². The van der Waals surface area contributed by atoms with Crippen molar-refractivity contribution in [2.75, 3.05) is 12.0 Å². The molecule has 136 valence electrons. The molecular weight excluding hydrogens is 416 g/mol. The molecule has 27 heavy (non-hydrogen) atoms. The Morgan fingerprint density at radius 1 is 1.07 bits per heavy atom. The Hall–Kier alpha value is -3.00. The number of carbonyl (C=O) groups is 3. The maximum Gasteiger partial charge on any atom is 0.278 e. The van der Waals surface area contributed by atoms with E-state index in [1.54, 1.807) is 48.5 Å². The number of halogens is 1. The first-order valence-corrected chi connectivity index (χ1v) is 8.86. The van der Waals surface area contributed by atoms with Crippen LogP contribution in [0.1, 0.15) is 10.4 Å². The molecule has 2 aromatic carbocycles. The highest BCUT2D eigenvalue weighted by Gasteiger charge is 2.57. The van der Waals surface area contributed by atoms with Crippen molar-refractivity contribution in [3.8, 4) is 5.75 Å². The number of imide groups is 1. The van der Waals surface area contributed by atoms with Gasteiger partial charge < -0.3 is 9.57 Å². The predicted octanol–water partition coefficient (Wildman–Crippen LogP) is 2.58. The summed E-state index contributed by atoms with van der Waals surface area (Å²) >= 11 is 3.31. The van der Waals surface area contributed by atoms with E-state index in [4.69, 9.17) is 9.57 Å². The number of oxime groups is 1. The van der Waals surface area contributed by atoms with Crippen LogP contribution in [0.15, 0.2) is 58.2 Å². The van der Waals surface area contributed by atoms with Crippen LogP contribution in [0.25, 0.3) is 0 Å². The molecule has 0 bridgehead atoms. The maximum atomic E-state index is 12.9. The average Bonchev–Trinajstić information content (AvgIpc) is 3.23. The number of hydrogen-bond donors (Lipinski definition) is 0. The Morgan fingerprint density at radius 3 is 2.37 bits per heavy atom. The number of benzene rings is 2. The third-order valence-corrected chi connectivity index (χ3v) is 5.01. The van der Waals surface area contributed by atoms with Gasteiger partial charge in [0, 0.05) is 10.0 Å². The van der Waals surface area contributed by atoms with E-state index in [0.29, 0.717) is 17.0 Å². The Labute approximate surface area is 162 Å². The minimum Gasteiger partial charge on any atom is -0.497 e. The van der Waals surface area contributed by atoms with Gasteiger partial charge >= 0.3 is 0 Å². The molecule has 0 radical (unpaired) electrons. The number of ketones is 1. The van der Waals surface area contributed by atoms with E-state index in [1.807, 2.05) is 0 Å². The van der Waals surface area contributed by atoms with Crippen molar-refractivity contribution >= 4 is 44.9 Å². The van der Waals surface area contributed by atoms with E-state index < -0.39 is 29.6 Å². The minimum atomic E-state index is -1.11. The van der Waals surface area contributed by atoms with E-state index in [-0.39, 0.29) is 5.71 Å². The molecule has 8 heteroatoms. The van der Waals surface area contributed by atoms with Gasteiger partial charge in [0.15, 0.2) is 0 Å². The topological polar surface area (TPSA) is 85.3 Å². The van der Waals surface area contributed by atoms with Gasteiger partial charge in [0.25, 0.3) is 5.91 Å². The lowest BCUT2D eigenvalue weighted by atomic mass is 9.93. The SMILES string of the molecule is COc1ccc(C(=O)C2=NO[C@H]3C(=O)N(c4ccc(Br)cc4)C(=O)[C@H]23)cc1. The smallest absolute Gasteiger partial charge is 0.278 e. The van der Waals surface area contributed by atoms with Crippen molar-refractivity contribution in [1.29, 1.82) is 0 Å². The van der Waals surface area contributed by atoms with Gasteiger partial charge in [0.2, 0.25) is 17.8 Å². The average molecular weight is 429 g/mol. The Balaban J connectivity index is 1.63. The van der Waals surface area contributed by atoms with Gasteiger partial charge in [0.1, 0.15) is 17.4 Å². The zero-order valence-corrected chi connectivity index (χ0v) is 15.7. The van der Waals surface area contributed by atoms with E-state index in [2.05, 4.69) is 21.1 Å². The van der Waals surface area contributed by atoms with Gasteiger partial charge in [-0.15, -0.1) is 0 Å². The lowest BCUT2D eigenvalue weighted by molar-refractivity contribution is -0.126. The molecule has 2 aromatic rings. The van der Waals surface area contributed by atoms with Gasteiger partial charge in [-0.05, 0) is 48.5 Å². The zero-order chi connectivity index (χ0) is 19.1. The number of anilines is 1. The molecule has 0 saturated carbocycles. The highest BCUT2D eigenvalue weighted by molar-refractivity contribution is 9.10. The van der Waals surface area contributed by atoms with Crippen molar-refractivity contribution in [2.45, 2.75) is 6.10 Å². The lowest BCUT2D eigenvalue weighted by Gasteiger charge is -2.15. The second kappa shape index (κ2) is 6.62. The van der Waals surface area contributed by atoms with Gasteiger partial charge in [-0.25, -0.2) is 4.90 Å². The number of fused-ring (bicyclic) bond motifs is 1. The number of rotatable bonds is 4. The summed E-state index contributed by atoms with van der Waals surface area (Å²) < 4.78 is 5.89. The standard InChI is InChI=1S/C19H13BrN2O5/c1-26-13-8-2-10(3-9-13)16(23)15-14-17(27-21-15)19(25)22(18(14)24)12-6-4-11(20)5-7-12/h2-9,14,17H,1H3/t14-,17-/m1/s1. The monoisotopic (exact) mass is 428 g/mol. The van der Waals surface area contributed by atoms with Gasteiger partial charge in [-0.3, -0.25) is 14.4 Å². The number of carbonyl (C=O) groups excluding carboxylic acids is 3. The fraction of sp³-hybridized carbons (Fsp3) is 0.158. The van der Waals surface area contributed by atoms with Crippen LogP contribution in [0.2, 0.25) is 0 Å². The molecule has 2 amide bonds. The molecule has 0 spiro atoms. The van der Waals surface area contributed by atoms with Gasteiger partial charge in [-0.1, -0.05) is 21.1 Å². The Morgan fingerprint density at radius 2 is 1.74 bits per heavy atom. The first-order valence-electron chi connectivity index (χ1n) is 8.07. The van der Waals surface area contributed by atoms with Crippen LogP contribution in [0.3, 0.4) is 0 Å². The molecule has 0 unspecified atom stereocenters. The van der Waals surface area contributed by atoms with Gasteiger partial charge in [0.05, 0.1) is 12.8 Å². The summed E-state index contributed by atoms with van der Waals surface area (Å²) in [6, 6.07) is 13.2. The lowest BCUT2D eigenvalue weighted by Crippen LogP contribution is -2.34. The largest absolute Gasteiger partial charge is 0.497 e. The minimum absolute atomic E-state index is 0.0665. The fourth-order valence-electron chi connectivity index (χ4n) is 3.10. The van der Waals surface area contributed by atoms with Crippen molar-refractivity contribution in [2.24, 2.45) is 11.1 Å². The van der Waals surface area contributed by atoms with Crippen LogP contribution in [0.4, 0.5) is 5.69 Å². The highest BCUT2D eigenvalue weighted by Crippen LogP contribution is 2.34. The van der Waals surface area contributed by atoms with Crippen LogP contribution in [-0.4, -0.2) is 36.5 Å². The molecule has 2 aliphatic rings. The number of ether oxygens (including phenoxy) is 1. The first-order chi connectivity index (χ1) is 13.0. The van der Waals surface area contributed by atoms with Crippen molar-refractivity contribution in [1.82, 2.24) is 0 Å². The zero-order valence-electron chi connectivity index (χ0n) is 14.1. The van der Waals surface area contributed by atoms with E-state index >= 15 is 0 Å². The molecule has 2 atom stereocenters.